The summed E-state index contributed by atoms with van der Waals surface area (Å²) in [7, 11) is 0. The summed E-state index contributed by atoms with van der Waals surface area (Å²) in [5.74, 6) is -1.43. The molecule has 0 spiro atoms. The second kappa shape index (κ2) is 4.10. The smallest absolute Gasteiger partial charge is 0.332 e. The van der Waals surface area contributed by atoms with Gasteiger partial charge < -0.3 is 10.2 Å². The van der Waals surface area contributed by atoms with Crippen LogP contribution in [0.15, 0.2) is 0 Å². The molecule has 0 radical (unpaired) electrons. The molecular formula is C8H13ClO3. The van der Waals surface area contributed by atoms with E-state index in [1.165, 1.54) is 0 Å². The lowest BCUT2D eigenvalue weighted by atomic mass is 9.85. The zero-order valence-corrected chi connectivity index (χ0v) is 7.50. The maximum atomic E-state index is 10.4. The molecule has 0 aliphatic heterocycles. The van der Waals surface area contributed by atoms with E-state index >= 15 is 0 Å². The van der Waals surface area contributed by atoms with Gasteiger partial charge in [-0.1, -0.05) is 12.8 Å². The Morgan fingerprint density at radius 2 is 2.00 bits per heavy atom. The second-order valence-electron chi connectivity index (χ2n) is 3.25. The average molecular weight is 193 g/mol. The summed E-state index contributed by atoms with van der Waals surface area (Å²) in [6.45, 7) is 0. The monoisotopic (exact) mass is 192 g/mol. The SMILES string of the molecule is O=C(O)C(O)C1CCCCC1Cl. The molecule has 3 unspecified atom stereocenters. The quantitative estimate of drug-likeness (QED) is 0.647. The summed E-state index contributed by atoms with van der Waals surface area (Å²) >= 11 is 5.90. The number of aliphatic hydroxyl groups excluding tert-OH is 1. The summed E-state index contributed by atoms with van der Waals surface area (Å²) in [5, 5.41) is 17.6. The van der Waals surface area contributed by atoms with E-state index in [-0.39, 0.29) is 11.3 Å². The van der Waals surface area contributed by atoms with Crippen molar-refractivity contribution >= 4 is 17.6 Å². The maximum absolute atomic E-state index is 10.4. The topological polar surface area (TPSA) is 57.5 Å². The molecule has 0 aromatic rings. The number of rotatable bonds is 2. The highest BCUT2D eigenvalue weighted by Crippen LogP contribution is 2.30. The molecule has 2 N–H and O–H groups in total. The molecule has 1 aliphatic rings. The Labute approximate surface area is 76.3 Å². The lowest BCUT2D eigenvalue weighted by Crippen LogP contribution is -2.36. The van der Waals surface area contributed by atoms with Crippen molar-refractivity contribution in [3.05, 3.63) is 0 Å². The molecule has 0 aromatic carbocycles. The van der Waals surface area contributed by atoms with E-state index in [0.29, 0.717) is 0 Å². The van der Waals surface area contributed by atoms with Gasteiger partial charge in [0.15, 0.2) is 6.10 Å². The predicted octanol–water partition coefficient (Wildman–Crippen LogP) is 1.23. The van der Waals surface area contributed by atoms with E-state index in [2.05, 4.69) is 0 Å². The Kier molecular flexibility index (Phi) is 3.35. The standard InChI is InChI=1S/C8H13ClO3/c9-6-4-2-1-3-5(6)7(10)8(11)12/h5-7,10H,1-4H2,(H,11,12). The first-order valence-corrected chi connectivity index (χ1v) is 4.61. The van der Waals surface area contributed by atoms with Crippen molar-refractivity contribution in [3.8, 4) is 0 Å². The lowest BCUT2D eigenvalue weighted by Gasteiger charge is -2.28. The third kappa shape index (κ3) is 2.11. The molecule has 0 bridgehead atoms. The Bertz CT molecular complexity index is 172. The molecular weight excluding hydrogens is 180 g/mol. The highest BCUT2D eigenvalue weighted by atomic mass is 35.5. The normalized spacial score (nSPS) is 32.8. The van der Waals surface area contributed by atoms with Crippen molar-refractivity contribution < 1.29 is 15.0 Å². The van der Waals surface area contributed by atoms with Gasteiger partial charge in [0, 0.05) is 11.3 Å². The average Bonchev–Trinajstić information content (AvgIpc) is 2.04. The maximum Gasteiger partial charge on any atom is 0.332 e. The van der Waals surface area contributed by atoms with Crippen LogP contribution in [0.2, 0.25) is 0 Å². The number of hydrogen-bond donors (Lipinski definition) is 2. The number of carboxylic acids is 1. The Balaban J connectivity index is 2.53. The molecule has 0 saturated heterocycles. The fourth-order valence-corrected chi connectivity index (χ4v) is 2.07. The first kappa shape index (κ1) is 9.81. The third-order valence-electron chi connectivity index (χ3n) is 2.39. The summed E-state index contributed by atoms with van der Waals surface area (Å²) in [6, 6.07) is 0. The molecule has 0 amide bonds. The van der Waals surface area contributed by atoms with Crippen LogP contribution in [0.4, 0.5) is 0 Å². The molecule has 0 heterocycles. The van der Waals surface area contributed by atoms with Gasteiger partial charge in [0.1, 0.15) is 0 Å². The molecule has 1 rings (SSSR count). The molecule has 1 aliphatic carbocycles. The number of carbonyl (C=O) groups is 1. The molecule has 12 heavy (non-hydrogen) atoms. The van der Waals surface area contributed by atoms with Crippen LogP contribution >= 0.6 is 11.6 Å². The van der Waals surface area contributed by atoms with Crippen LogP contribution in [0.5, 0.6) is 0 Å². The highest BCUT2D eigenvalue weighted by Gasteiger charge is 2.33. The fraction of sp³-hybridized carbons (Fsp3) is 0.875. The van der Waals surface area contributed by atoms with Crippen LogP contribution in [-0.4, -0.2) is 27.7 Å². The van der Waals surface area contributed by atoms with E-state index < -0.39 is 12.1 Å². The van der Waals surface area contributed by atoms with Gasteiger partial charge in [0.2, 0.25) is 0 Å². The Hall–Kier alpha value is -0.280. The Morgan fingerprint density at radius 1 is 1.42 bits per heavy atom. The molecule has 3 nitrogen and oxygen atoms in total. The molecule has 4 heteroatoms. The van der Waals surface area contributed by atoms with Gasteiger partial charge in [-0.15, -0.1) is 11.6 Å². The van der Waals surface area contributed by atoms with Crippen molar-refractivity contribution in [2.45, 2.75) is 37.2 Å². The summed E-state index contributed by atoms with van der Waals surface area (Å²) in [4.78, 5) is 10.4. The van der Waals surface area contributed by atoms with E-state index in [4.69, 9.17) is 16.7 Å². The summed E-state index contributed by atoms with van der Waals surface area (Å²) < 4.78 is 0. The molecule has 3 atom stereocenters. The van der Waals surface area contributed by atoms with Gasteiger partial charge in [-0.25, -0.2) is 4.79 Å². The fourth-order valence-electron chi connectivity index (χ4n) is 1.65. The molecule has 1 fully saturated rings. The van der Waals surface area contributed by atoms with Crippen LogP contribution < -0.4 is 0 Å². The van der Waals surface area contributed by atoms with Gasteiger partial charge in [0.05, 0.1) is 0 Å². The van der Waals surface area contributed by atoms with Crippen LogP contribution in [0.1, 0.15) is 25.7 Å². The van der Waals surface area contributed by atoms with E-state index in [0.717, 1.165) is 25.7 Å². The number of alkyl halides is 1. The number of aliphatic carboxylic acids is 1. The van der Waals surface area contributed by atoms with Gasteiger partial charge in [-0.05, 0) is 12.8 Å². The van der Waals surface area contributed by atoms with Gasteiger partial charge in [-0.3, -0.25) is 0 Å². The van der Waals surface area contributed by atoms with Crippen LogP contribution in [0.3, 0.4) is 0 Å². The highest BCUT2D eigenvalue weighted by molar-refractivity contribution is 6.21. The minimum Gasteiger partial charge on any atom is -0.479 e. The van der Waals surface area contributed by atoms with Crippen molar-refractivity contribution in [2.24, 2.45) is 5.92 Å². The van der Waals surface area contributed by atoms with E-state index in [9.17, 15) is 9.90 Å². The lowest BCUT2D eigenvalue weighted by molar-refractivity contribution is -0.150. The second-order valence-corrected chi connectivity index (χ2v) is 3.81. The van der Waals surface area contributed by atoms with E-state index in [1.807, 2.05) is 0 Å². The first-order valence-electron chi connectivity index (χ1n) is 4.18. The summed E-state index contributed by atoms with van der Waals surface area (Å²) in [5.41, 5.74) is 0. The number of carboxylic acid groups (broad SMARTS) is 1. The van der Waals surface area contributed by atoms with Gasteiger partial charge >= 0.3 is 5.97 Å². The first-order chi connectivity index (χ1) is 5.63. The van der Waals surface area contributed by atoms with Crippen molar-refractivity contribution in [1.82, 2.24) is 0 Å². The van der Waals surface area contributed by atoms with Crippen LogP contribution in [0.25, 0.3) is 0 Å². The molecule has 0 aromatic heterocycles. The van der Waals surface area contributed by atoms with Crippen molar-refractivity contribution in [2.75, 3.05) is 0 Å². The zero-order valence-electron chi connectivity index (χ0n) is 6.74. The minimum atomic E-state index is -1.28. The van der Waals surface area contributed by atoms with Crippen molar-refractivity contribution in [1.29, 1.82) is 0 Å². The van der Waals surface area contributed by atoms with Crippen molar-refractivity contribution in [3.63, 3.8) is 0 Å². The number of aliphatic hydroxyl groups is 1. The van der Waals surface area contributed by atoms with Gasteiger partial charge in [0.25, 0.3) is 0 Å². The number of halogens is 1. The number of hydrogen-bond acceptors (Lipinski definition) is 2. The largest absolute Gasteiger partial charge is 0.479 e. The minimum absolute atomic E-state index is 0.176. The third-order valence-corrected chi connectivity index (χ3v) is 2.93. The summed E-state index contributed by atoms with van der Waals surface area (Å²) in [6.07, 6.45) is 2.26. The molecule has 1 saturated carbocycles. The van der Waals surface area contributed by atoms with Crippen LogP contribution in [-0.2, 0) is 4.79 Å². The van der Waals surface area contributed by atoms with E-state index in [1.54, 1.807) is 0 Å². The Morgan fingerprint density at radius 3 is 2.50 bits per heavy atom. The van der Waals surface area contributed by atoms with Crippen LogP contribution in [0, 0.1) is 5.92 Å². The van der Waals surface area contributed by atoms with Gasteiger partial charge in [-0.2, -0.15) is 0 Å². The molecule has 70 valence electrons. The zero-order chi connectivity index (χ0) is 9.14. The predicted molar refractivity (Wildman–Crippen MR) is 45.2 cm³/mol.